The fourth-order valence-corrected chi connectivity index (χ4v) is 1.23. The zero-order valence-corrected chi connectivity index (χ0v) is 9.07. The van der Waals surface area contributed by atoms with Crippen molar-refractivity contribution in [3.63, 3.8) is 0 Å². The van der Waals surface area contributed by atoms with Gasteiger partial charge in [-0.05, 0) is 0 Å². The summed E-state index contributed by atoms with van der Waals surface area (Å²) >= 11 is 0. The van der Waals surface area contributed by atoms with Crippen LogP contribution in [0.4, 0.5) is 0 Å². The molecule has 0 aromatic heterocycles. The molecule has 0 aromatic carbocycles. The van der Waals surface area contributed by atoms with Crippen molar-refractivity contribution in [1.29, 1.82) is 0 Å². The minimum absolute atomic E-state index is 0.477. The summed E-state index contributed by atoms with van der Waals surface area (Å²) in [6.45, 7) is 5.47. The smallest absolute Gasteiger partial charge is 0.204 e. The molecule has 2 N–H and O–H groups in total. The van der Waals surface area contributed by atoms with Crippen molar-refractivity contribution in [2.45, 2.75) is 33.3 Å². The first kappa shape index (κ1) is 13.3. The molecule has 0 aliphatic carbocycles. The molecule has 0 bridgehead atoms. The third-order valence-corrected chi connectivity index (χ3v) is 2.09. The molecule has 0 fully saturated rings. The van der Waals surface area contributed by atoms with Gasteiger partial charge in [0.25, 0.3) is 0 Å². The van der Waals surface area contributed by atoms with Crippen LogP contribution >= 0.6 is 0 Å². The molecule has 0 saturated heterocycles. The Kier molecular flexibility index (Phi) is 4.42. The van der Waals surface area contributed by atoms with Gasteiger partial charge in [0, 0.05) is 11.8 Å². The molecule has 14 heavy (non-hydrogen) atoms. The van der Waals surface area contributed by atoms with E-state index in [9.17, 15) is 14.7 Å². The number of aliphatic hydroxyl groups excluding tert-OH is 1. The Hall–Kier alpha value is -0.740. The van der Waals surface area contributed by atoms with Crippen molar-refractivity contribution >= 4 is 11.6 Å². The van der Waals surface area contributed by atoms with Crippen LogP contribution in [-0.4, -0.2) is 34.0 Å². The van der Waals surface area contributed by atoms with Crippen LogP contribution in [0, 0.1) is 11.8 Å². The molecule has 0 rings (SSSR count). The summed E-state index contributed by atoms with van der Waals surface area (Å²) in [5.74, 6) is -2.21. The van der Waals surface area contributed by atoms with Gasteiger partial charge >= 0.3 is 0 Å². The standard InChI is InChI=1S/C10H18O4/c1-6(2)8(12)10(14,5-11)9(13)7(3)4/h6-7,11,14H,5H2,1-4H3. The minimum atomic E-state index is -2.22. The lowest BCUT2D eigenvalue weighted by atomic mass is 9.83. The predicted molar refractivity (Wildman–Crippen MR) is 51.7 cm³/mol. The fourth-order valence-electron chi connectivity index (χ4n) is 1.23. The molecular weight excluding hydrogens is 184 g/mol. The number of aliphatic hydroxyl groups is 2. The first-order valence-electron chi connectivity index (χ1n) is 4.69. The van der Waals surface area contributed by atoms with Crippen molar-refractivity contribution in [2.75, 3.05) is 6.61 Å². The van der Waals surface area contributed by atoms with Gasteiger partial charge in [-0.25, -0.2) is 0 Å². The number of carbonyl (C=O) groups excluding carboxylic acids is 2. The van der Waals surface area contributed by atoms with Crippen LogP contribution in [0.15, 0.2) is 0 Å². The van der Waals surface area contributed by atoms with Crippen LogP contribution in [-0.2, 0) is 9.59 Å². The maximum absolute atomic E-state index is 11.5. The third kappa shape index (κ3) is 2.39. The normalized spacial score (nSPS) is 12.3. The molecule has 4 nitrogen and oxygen atoms in total. The van der Waals surface area contributed by atoms with Crippen molar-refractivity contribution < 1.29 is 19.8 Å². The summed E-state index contributed by atoms with van der Waals surface area (Å²) in [7, 11) is 0. The Morgan fingerprint density at radius 2 is 1.36 bits per heavy atom. The highest BCUT2D eigenvalue weighted by Crippen LogP contribution is 2.17. The second-order valence-corrected chi connectivity index (χ2v) is 4.06. The van der Waals surface area contributed by atoms with E-state index >= 15 is 0 Å². The van der Waals surface area contributed by atoms with E-state index in [1.54, 1.807) is 27.7 Å². The molecule has 82 valence electrons. The third-order valence-electron chi connectivity index (χ3n) is 2.09. The zero-order chi connectivity index (χ0) is 11.5. The fraction of sp³-hybridized carbons (Fsp3) is 0.800. The Labute approximate surface area is 83.9 Å². The molecule has 0 spiro atoms. The van der Waals surface area contributed by atoms with E-state index in [2.05, 4.69) is 0 Å². The van der Waals surface area contributed by atoms with Gasteiger partial charge in [-0.2, -0.15) is 0 Å². The van der Waals surface area contributed by atoms with Crippen LogP contribution in [0.3, 0.4) is 0 Å². The zero-order valence-electron chi connectivity index (χ0n) is 9.07. The average Bonchev–Trinajstić information content (AvgIpc) is 2.13. The van der Waals surface area contributed by atoms with Gasteiger partial charge in [-0.1, -0.05) is 27.7 Å². The predicted octanol–water partition coefficient (Wildman–Crippen LogP) is 0.160. The summed E-state index contributed by atoms with van der Waals surface area (Å²) in [5.41, 5.74) is -2.22. The first-order valence-corrected chi connectivity index (χ1v) is 4.69. The van der Waals surface area contributed by atoms with Crippen LogP contribution < -0.4 is 0 Å². The lowest BCUT2D eigenvalue weighted by molar-refractivity contribution is -0.159. The summed E-state index contributed by atoms with van der Waals surface area (Å²) in [4.78, 5) is 23.0. The quantitative estimate of drug-likeness (QED) is 0.623. The van der Waals surface area contributed by atoms with Gasteiger partial charge in [0.05, 0.1) is 6.61 Å². The van der Waals surface area contributed by atoms with Crippen molar-refractivity contribution in [3.8, 4) is 0 Å². The van der Waals surface area contributed by atoms with Crippen LogP contribution in [0.5, 0.6) is 0 Å². The molecule has 0 aliphatic rings. The van der Waals surface area contributed by atoms with Crippen molar-refractivity contribution in [1.82, 2.24) is 0 Å². The molecule has 4 heteroatoms. The van der Waals surface area contributed by atoms with E-state index in [1.165, 1.54) is 0 Å². The van der Waals surface area contributed by atoms with E-state index in [-0.39, 0.29) is 0 Å². The van der Waals surface area contributed by atoms with E-state index < -0.39 is 35.6 Å². The van der Waals surface area contributed by atoms with Crippen LogP contribution in [0.2, 0.25) is 0 Å². The van der Waals surface area contributed by atoms with Gasteiger partial charge in [-0.15, -0.1) is 0 Å². The van der Waals surface area contributed by atoms with Gasteiger partial charge < -0.3 is 10.2 Å². The maximum atomic E-state index is 11.5. The molecule has 0 aliphatic heterocycles. The summed E-state index contributed by atoms with van der Waals surface area (Å²) in [5, 5.41) is 18.7. The second kappa shape index (κ2) is 4.66. The van der Waals surface area contributed by atoms with Crippen molar-refractivity contribution in [3.05, 3.63) is 0 Å². The first-order chi connectivity index (χ1) is 6.27. The van der Waals surface area contributed by atoms with E-state index in [4.69, 9.17) is 5.11 Å². The van der Waals surface area contributed by atoms with Gasteiger partial charge in [0.15, 0.2) is 11.6 Å². The van der Waals surface area contributed by atoms with Gasteiger partial charge in [-0.3, -0.25) is 9.59 Å². The molecule has 0 heterocycles. The molecular formula is C10H18O4. The number of Topliss-reactive ketones (excluding diaryl/α,β-unsaturated/α-hetero) is 2. The van der Waals surface area contributed by atoms with E-state index in [0.717, 1.165) is 0 Å². The number of carbonyl (C=O) groups is 2. The maximum Gasteiger partial charge on any atom is 0.204 e. The largest absolute Gasteiger partial charge is 0.392 e. The van der Waals surface area contributed by atoms with Gasteiger partial charge in [0.1, 0.15) is 0 Å². The Bertz CT molecular complexity index is 210. The van der Waals surface area contributed by atoms with E-state index in [1.807, 2.05) is 0 Å². The van der Waals surface area contributed by atoms with Gasteiger partial charge in [0.2, 0.25) is 5.60 Å². The molecule has 0 saturated carbocycles. The molecule has 0 atom stereocenters. The number of hydrogen-bond acceptors (Lipinski definition) is 4. The Morgan fingerprint density at radius 1 is 1.07 bits per heavy atom. The second-order valence-electron chi connectivity index (χ2n) is 4.06. The lowest BCUT2D eigenvalue weighted by Gasteiger charge is -2.26. The SMILES string of the molecule is CC(C)C(=O)C(O)(CO)C(=O)C(C)C. The molecule has 0 amide bonds. The Balaban J connectivity index is 4.98. The highest BCUT2D eigenvalue weighted by Gasteiger charge is 2.44. The summed E-state index contributed by atoms with van der Waals surface area (Å²) in [6, 6.07) is 0. The van der Waals surface area contributed by atoms with E-state index in [0.29, 0.717) is 0 Å². The molecule has 0 radical (unpaired) electrons. The lowest BCUT2D eigenvalue weighted by Crippen LogP contribution is -2.53. The summed E-state index contributed by atoms with van der Waals surface area (Å²) in [6.07, 6.45) is 0. The minimum Gasteiger partial charge on any atom is -0.392 e. The summed E-state index contributed by atoms with van der Waals surface area (Å²) < 4.78 is 0. The van der Waals surface area contributed by atoms with Crippen molar-refractivity contribution in [2.24, 2.45) is 11.8 Å². The number of hydrogen-bond donors (Lipinski definition) is 2. The highest BCUT2D eigenvalue weighted by molar-refractivity contribution is 6.11. The Morgan fingerprint density at radius 3 is 1.50 bits per heavy atom. The van der Waals surface area contributed by atoms with Crippen LogP contribution in [0.25, 0.3) is 0 Å². The van der Waals surface area contributed by atoms with Crippen LogP contribution in [0.1, 0.15) is 27.7 Å². The monoisotopic (exact) mass is 202 g/mol. The highest BCUT2D eigenvalue weighted by atomic mass is 16.3. The topological polar surface area (TPSA) is 74.6 Å². The molecule has 0 unspecified atom stereocenters. The number of ketones is 2. The molecule has 0 aromatic rings. The number of rotatable bonds is 5. The average molecular weight is 202 g/mol.